The predicted octanol–water partition coefficient (Wildman–Crippen LogP) is 2.33. The molecule has 2 aromatic rings. The minimum atomic E-state index is -3.68. The van der Waals surface area contributed by atoms with E-state index in [1.165, 1.54) is 48.7 Å². The van der Waals surface area contributed by atoms with Gasteiger partial charge in [-0.2, -0.15) is 0 Å². The lowest BCUT2D eigenvalue weighted by Gasteiger charge is -2.17. The Hall–Kier alpha value is -2.49. The molecule has 0 radical (unpaired) electrons. The number of amides is 1. The molecule has 8 nitrogen and oxygen atoms in total. The van der Waals surface area contributed by atoms with Gasteiger partial charge in [-0.15, -0.1) is 12.4 Å². The molecule has 0 saturated heterocycles. The molecule has 28 heavy (non-hydrogen) atoms. The van der Waals surface area contributed by atoms with Gasteiger partial charge in [-0.3, -0.25) is 9.59 Å². The molecular formula is C18H23ClN4O4S. The highest BCUT2D eigenvalue weighted by Crippen LogP contribution is 2.16. The quantitative estimate of drug-likeness (QED) is 0.624. The van der Waals surface area contributed by atoms with Gasteiger partial charge in [0.15, 0.2) is 5.78 Å². The molecular weight excluding hydrogens is 404 g/mol. The highest BCUT2D eigenvalue weighted by molar-refractivity contribution is 7.89. The lowest BCUT2D eigenvalue weighted by atomic mass is 10.2. The standard InChI is InChI=1S/C18H22N4O4S.ClH/c1-13(23)14-5-8-16(9-6-14)27(25,26)22(2)11-3-4-18(24)21-15-7-10-17(19)20-12-15;/h5-10,12H,3-4,11H2,1-2H3,(H2,19,20)(H,21,24);1H. The average Bonchev–Trinajstić information content (AvgIpc) is 2.63. The Morgan fingerprint density at radius 1 is 1.14 bits per heavy atom. The Morgan fingerprint density at radius 2 is 1.79 bits per heavy atom. The van der Waals surface area contributed by atoms with Crippen molar-refractivity contribution in [3.05, 3.63) is 48.2 Å². The number of anilines is 2. The molecule has 0 unspecified atom stereocenters. The summed E-state index contributed by atoms with van der Waals surface area (Å²) in [5, 5.41) is 2.67. The van der Waals surface area contributed by atoms with E-state index in [2.05, 4.69) is 10.3 Å². The number of hydrogen-bond acceptors (Lipinski definition) is 6. The van der Waals surface area contributed by atoms with E-state index in [1.54, 1.807) is 12.1 Å². The van der Waals surface area contributed by atoms with E-state index in [9.17, 15) is 18.0 Å². The monoisotopic (exact) mass is 426 g/mol. The average molecular weight is 427 g/mol. The molecule has 0 aliphatic heterocycles. The van der Waals surface area contributed by atoms with Gasteiger partial charge in [0.25, 0.3) is 0 Å². The number of aromatic nitrogens is 1. The molecule has 10 heteroatoms. The van der Waals surface area contributed by atoms with Crippen molar-refractivity contribution in [1.29, 1.82) is 0 Å². The second-order valence-electron chi connectivity index (χ2n) is 6.03. The molecule has 1 aromatic carbocycles. The van der Waals surface area contributed by atoms with Crippen LogP contribution in [0.15, 0.2) is 47.5 Å². The van der Waals surface area contributed by atoms with E-state index in [4.69, 9.17) is 5.73 Å². The first-order valence-corrected chi connectivity index (χ1v) is 9.73. The van der Waals surface area contributed by atoms with Crippen LogP contribution in [0, 0.1) is 0 Å². The summed E-state index contributed by atoms with van der Waals surface area (Å²) in [6.45, 7) is 1.60. The van der Waals surface area contributed by atoms with Crippen LogP contribution in [-0.2, 0) is 14.8 Å². The Morgan fingerprint density at radius 3 is 2.32 bits per heavy atom. The number of nitrogen functional groups attached to an aromatic ring is 1. The number of nitrogens with one attached hydrogen (secondary N) is 1. The first kappa shape index (κ1) is 23.5. The third-order valence-corrected chi connectivity index (χ3v) is 5.79. The summed E-state index contributed by atoms with van der Waals surface area (Å²) in [6, 6.07) is 9.00. The topological polar surface area (TPSA) is 122 Å². The maximum Gasteiger partial charge on any atom is 0.242 e. The number of carbonyl (C=O) groups is 2. The summed E-state index contributed by atoms with van der Waals surface area (Å²) in [6.07, 6.45) is 1.97. The third-order valence-electron chi connectivity index (χ3n) is 3.92. The number of Topliss-reactive ketones (excluding diaryl/α,β-unsaturated/α-hetero) is 1. The van der Waals surface area contributed by atoms with Gasteiger partial charge in [0, 0.05) is 25.6 Å². The van der Waals surface area contributed by atoms with Crippen LogP contribution in [0.1, 0.15) is 30.1 Å². The fourth-order valence-electron chi connectivity index (χ4n) is 2.33. The van der Waals surface area contributed by atoms with Crippen LogP contribution in [0.2, 0.25) is 0 Å². The number of halogens is 1. The molecule has 0 saturated carbocycles. The van der Waals surface area contributed by atoms with Crippen molar-refractivity contribution in [3.63, 3.8) is 0 Å². The zero-order valence-corrected chi connectivity index (χ0v) is 17.2. The summed E-state index contributed by atoms with van der Waals surface area (Å²) in [5.41, 5.74) is 6.46. The molecule has 0 atom stereocenters. The number of pyridine rings is 1. The van der Waals surface area contributed by atoms with Crippen LogP contribution in [-0.4, -0.2) is 43.0 Å². The summed E-state index contributed by atoms with van der Waals surface area (Å²) < 4.78 is 26.3. The van der Waals surface area contributed by atoms with E-state index in [-0.39, 0.29) is 42.0 Å². The van der Waals surface area contributed by atoms with E-state index in [0.29, 0.717) is 23.5 Å². The third kappa shape index (κ3) is 6.29. The van der Waals surface area contributed by atoms with E-state index in [0.717, 1.165) is 0 Å². The van der Waals surface area contributed by atoms with E-state index in [1.807, 2.05) is 0 Å². The van der Waals surface area contributed by atoms with Crippen LogP contribution >= 0.6 is 12.4 Å². The highest BCUT2D eigenvalue weighted by Gasteiger charge is 2.20. The van der Waals surface area contributed by atoms with Gasteiger partial charge in [0.2, 0.25) is 15.9 Å². The van der Waals surface area contributed by atoms with Crippen LogP contribution in [0.25, 0.3) is 0 Å². The smallest absolute Gasteiger partial charge is 0.242 e. The molecule has 1 heterocycles. The first-order chi connectivity index (χ1) is 12.7. The van der Waals surface area contributed by atoms with Gasteiger partial charge in [-0.1, -0.05) is 12.1 Å². The Kier molecular flexibility index (Phi) is 8.55. The molecule has 0 spiro atoms. The van der Waals surface area contributed by atoms with Crippen LogP contribution in [0.4, 0.5) is 11.5 Å². The number of nitrogens with two attached hydrogens (primary N) is 1. The number of hydrogen-bond donors (Lipinski definition) is 2. The van der Waals surface area contributed by atoms with Crippen molar-refractivity contribution in [2.75, 3.05) is 24.6 Å². The highest BCUT2D eigenvalue weighted by atomic mass is 35.5. The Balaban J connectivity index is 0.00000392. The van der Waals surface area contributed by atoms with Crippen molar-refractivity contribution >= 4 is 45.6 Å². The van der Waals surface area contributed by atoms with Crippen molar-refractivity contribution < 1.29 is 18.0 Å². The summed E-state index contributed by atoms with van der Waals surface area (Å²) in [7, 11) is -2.22. The van der Waals surface area contributed by atoms with Gasteiger partial charge < -0.3 is 11.1 Å². The van der Waals surface area contributed by atoms with Crippen molar-refractivity contribution in [1.82, 2.24) is 9.29 Å². The molecule has 0 aliphatic carbocycles. The van der Waals surface area contributed by atoms with Gasteiger partial charge >= 0.3 is 0 Å². The second kappa shape index (κ2) is 10.2. The Bertz CT molecular complexity index is 916. The first-order valence-electron chi connectivity index (χ1n) is 8.29. The largest absolute Gasteiger partial charge is 0.384 e. The lowest BCUT2D eigenvalue weighted by molar-refractivity contribution is -0.116. The number of sulfonamides is 1. The van der Waals surface area contributed by atoms with Gasteiger partial charge in [-0.25, -0.2) is 17.7 Å². The summed E-state index contributed by atoms with van der Waals surface area (Å²) >= 11 is 0. The van der Waals surface area contributed by atoms with Crippen LogP contribution in [0.5, 0.6) is 0 Å². The molecule has 0 aliphatic rings. The lowest BCUT2D eigenvalue weighted by Crippen LogP contribution is -2.28. The zero-order chi connectivity index (χ0) is 20.0. The SMILES string of the molecule is CC(=O)c1ccc(S(=O)(=O)N(C)CCCC(=O)Nc2ccc(N)nc2)cc1.Cl. The summed E-state index contributed by atoms with van der Waals surface area (Å²) in [5.74, 6) is -0.0102. The molecule has 2 rings (SSSR count). The zero-order valence-electron chi connectivity index (χ0n) is 15.6. The number of carbonyl (C=O) groups excluding carboxylic acids is 2. The maximum absolute atomic E-state index is 12.5. The van der Waals surface area contributed by atoms with Crippen molar-refractivity contribution in [2.24, 2.45) is 0 Å². The van der Waals surface area contributed by atoms with Gasteiger partial charge in [0.1, 0.15) is 5.82 Å². The minimum Gasteiger partial charge on any atom is -0.384 e. The molecule has 0 fully saturated rings. The van der Waals surface area contributed by atoms with Crippen LogP contribution in [0.3, 0.4) is 0 Å². The number of rotatable bonds is 8. The number of nitrogens with zero attached hydrogens (tertiary/aromatic N) is 2. The Labute approximate surface area is 170 Å². The molecule has 1 aromatic heterocycles. The summed E-state index contributed by atoms with van der Waals surface area (Å²) in [4.78, 5) is 27.2. The van der Waals surface area contributed by atoms with Gasteiger partial charge in [-0.05, 0) is 37.6 Å². The molecule has 3 N–H and O–H groups in total. The van der Waals surface area contributed by atoms with Crippen molar-refractivity contribution in [3.8, 4) is 0 Å². The molecule has 1 amide bonds. The normalized spacial score (nSPS) is 11.0. The fraction of sp³-hybridized carbons (Fsp3) is 0.278. The van der Waals surface area contributed by atoms with Crippen molar-refractivity contribution in [2.45, 2.75) is 24.7 Å². The number of benzene rings is 1. The maximum atomic E-state index is 12.5. The second-order valence-corrected chi connectivity index (χ2v) is 8.08. The van der Waals surface area contributed by atoms with E-state index < -0.39 is 10.0 Å². The molecule has 0 bridgehead atoms. The number of ketones is 1. The van der Waals surface area contributed by atoms with Gasteiger partial charge in [0.05, 0.1) is 16.8 Å². The minimum absolute atomic E-state index is 0. The van der Waals surface area contributed by atoms with Crippen LogP contribution < -0.4 is 11.1 Å². The van der Waals surface area contributed by atoms with E-state index >= 15 is 0 Å². The molecule has 152 valence electrons. The predicted molar refractivity (Wildman–Crippen MR) is 110 cm³/mol. The fourth-order valence-corrected chi connectivity index (χ4v) is 3.54.